The van der Waals surface area contributed by atoms with Crippen LogP contribution in [-0.2, 0) is 4.79 Å². The van der Waals surface area contributed by atoms with Gasteiger partial charge < -0.3 is 14.6 Å². The van der Waals surface area contributed by atoms with Gasteiger partial charge in [-0.15, -0.1) is 0 Å². The molecule has 1 atom stereocenters. The van der Waals surface area contributed by atoms with Crippen molar-refractivity contribution in [3.05, 3.63) is 84.7 Å². The lowest BCUT2D eigenvalue weighted by Gasteiger charge is -2.19. The van der Waals surface area contributed by atoms with E-state index < -0.39 is 0 Å². The molecule has 0 saturated carbocycles. The predicted molar refractivity (Wildman–Crippen MR) is 95.3 cm³/mol. The van der Waals surface area contributed by atoms with Gasteiger partial charge in [-0.1, -0.05) is 30.3 Å². The lowest BCUT2D eigenvalue weighted by molar-refractivity contribution is -0.116. The summed E-state index contributed by atoms with van der Waals surface area (Å²) < 4.78 is 7.26. The highest BCUT2D eigenvalue weighted by molar-refractivity contribution is 5.91. The second-order valence-electron chi connectivity index (χ2n) is 5.54. The van der Waals surface area contributed by atoms with Crippen LogP contribution >= 0.6 is 0 Å². The standard InChI is InChI=1S/C20H20N2O2/c1-24-18-11-9-16(10-12-18)19(22-13-5-6-14-22)15-20(23)21-17-7-3-2-4-8-17/h2-14,19H,15H2,1H3,(H,21,23)/t19-/m0/s1. The zero-order valence-corrected chi connectivity index (χ0v) is 13.6. The summed E-state index contributed by atoms with van der Waals surface area (Å²) in [5, 5.41) is 2.95. The molecule has 0 bridgehead atoms. The molecular formula is C20H20N2O2. The number of methoxy groups -OCH3 is 1. The number of hydrogen-bond acceptors (Lipinski definition) is 2. The molecule has 0 saturated heterocycles. The van der Waals surface area contributed by atoms with Crippen LogP contribution in [0, 0.1) is 0 Å². The van der Waals surface area contributed by atoms with Crippen LogP contribution in [0.15, 0.2) is 79.1 Å². The molecule has 1 aromatic heterocycles. The quantitative estimate of drug-likeness (QED) is 0.742. The minimum absolute atomic E-state index is 0.0179. The molecule has 3 rings (SSSR count). The van der Waals surface area contributed by atoms with Gasteiger partial charge in [-0.2, -0.15) is 0 Å². The Bertz CT molecular complexity index is 765. The van der Waals surface area contributed by atoms with Crippen LogP contribution in [0.4, 0.5) is 5.69 Å². The minimum Gasteiger partial charge on any atom is -0.497 e. The number of nitrogens with one attached hydrogen (secondary N) is 1. The number of anilines is 1. The smallest absolute Gasteiger partial charge is 0.226 e. The van der Waals surface area contributed by atoms with E-state index in [-0.39, 0.29) is 11.9 Å². The SMILES string of the molecule is COc1ccc([C@H](CC(=O)Nc2ccccc2)n2cccc2)cc1. The monoisotopic (exact) mass is 320 g/mol. The number of nitrogens with zero attached hydrogens (tertiary/aromatic N) is 1. The number of hydrogen-bond donors (Lipinski definition) is 1. The molecule has 122 valence electrons. The van der Waals surface area contributed by atoms with Crippen molar-refractivity contribution >= 4 is 11.6 Å². The zero-order valence-electron chi connectivity index (χ0n) is 13.6. The number of ether oxygens (including phenoxy) is 1. The van der Waals surface area contributed by atoms with Gasteiger partial charge in [-0.3, -0.25) is 4.79 Å². The second-order valence-corrected chi connectivity index (χ2v) is 5.54. The van der Waals surface area contributed by atoms with Gasteiger partial charge in [0.25, 0.3) is 0 Å². The summed E-state index contributed by atoms with van der Waals surface area (Å²) in [4.78, 5) is 12.5. The number of para-hydroxylation sites is 1. The molecule has 1 heterocycles. The lowest BCUT2D eigenvalue weighted by atomic mass is 10.0. The summed E-state index contributed by atoms with van der Waals surface area (Å²) in [5.41, 5.74) is 1.87. The topological polar surface area (TPSA) is 43.3 Å². The summed E-state index contributed by atoms with van der Waals surface area (Å²) in [6.45, 7) is 0. The number of carbonyl (C=O) groups excluding carboxylic acids is 1. The summed E-state index contributed by atoms with van der Waals surface area (Å²) in [7, 11) is 1.64. The van der Waals surface area contributed by atoms with Crippen LogP contribution in [0.25, 0.3) is 0 Å². The second kappa shape index (κ2) is 7.51. The maximum Gasteiger partial charge on any atom is 0.226 e. The van der Waals surface area contributed by atoms with Crippen molar-refractivity contribution in [3.8, 4) is 5.75 Å². The van der Waals surface area contributed by atoms with Crippen LogP contribution in [0.2, 0.25) is 0 Å². The highest BCUT2D eigenvalue weighted by atomic mass is 16.5. The van der Waals surface area contributed by atoms with Gasteiger partial charge in [0.1, 0.15) is 5.75 Å². The molecule has 0 aliphatic rings. The minimum atomic E-state index is -0.0605. The Morgan fingerprint density at radius 2 is 1.67 bits per heavy atom. The fourth-order valence-electron chi connectivity index (χ4n) is 2.69. The van der Waals surface area contributed by atoms with Crippen molar-refractivity contribution in [1.29, 1.82) is 0 Å². The zero-order chi connectivity index (χ0) is 16.8. The molecular weight excluding hydrogens is 300 g/mol. The van der Waals surface area contributed by atoms with Gasteiger partial charge in [0.15, 0.2) is 0 Å². The first kappa shape index (κ1) is 15.9. The Hall–Kier alpha value is -3.01. The van der Waals surface area contributed by atoms with Gasteiger partial charge in [0.2, 0.25) is 5.91 Å². The van der Waals surface area contributed by atoms with E-state index >= 15 is 0 Å². The molecule has 3 aromatic rings. The van der Waals surface area contributed by atoms with Crippen LogP contribution < -0.4 is 10.1 Å². The molecule has 4 nitrogen and oxygen atoms in total. The molecule has 0 spiro atoms. The Balaban J connectivity index is 1.79. The highest BCUT2D eigenvalue weighted by Gasteiger charge is 2.17. The van der Waals surface area contributed by atoms with E-state index in [0.29, 0.717) is 6.42 Å². The third-order valence-electron chi connectivity index (χ3n) is 3.92. The number of rotatable bonds is 6. The van der Waals surface area contributed by atoms with Gasteiger partial charge in [-0.25, -0.2) is 0 Å². The largest absolute Gasteiger partial charge is 0.497 e. The van der Waals surface area contributed by atoms with Crippen molar-refractivity contribution in [3.63, 3.8) is 0 Å². The molecule has 1 amide bonds. The normalized spacial score (nSPS) is 11.7. The van der Waals surface area contributed by atoms with E-state index in [4.69, 9.17) is 4.74 Å². The van der Waals surface area contributed by atoms with E-state index in [1.54, 1.807) is 7.11 Å². The Morgan fingerprint density at radius 1 is 1.00 bits per heavy atom. The summed E-state index contributed by atoms with van der Waals surface area (Å²) in [6, 6.07) is 21.2. The van der Waals surface area contributed by atoms with E-state index in [0.717, 1.165) is 17.0 Å². The molecule has 0 aliphatic heterocycles. The fourth-order valence-corrected chi connectivity index (χ4v) is 2.69. The van der Waals surface area contributed by atoms with Gasteiger partial charge in [-0.05, 0) is 42.0 Å². The van der Waals surface area contributed by atoms with Gasteiger partial charge >= 0.3 is 0 Å². The van der Waals surface area contributed by atoms with Crippen molar-refractivity contribution in [2.45, 2.75) is 12.5 Å². The van der Waals surface area contributed by atoms with Crippen molar-refractivity contribution in [1.82, 2.24) is 4.57 Å². The average molecular weight is 320 g/mol. The first-order chi connectivity index (χ1) is 11.8. The molecule has 0 radical (unpaired) electrons. The molecule has 24 heavy (non-hydrogen) atoms. The van der Waals surface area contributed by atoms with Gasteiger partial charge in [0, 0.05) is 18.1 Å². The Morgan fingerprint density at radius 3 is 2.29 bits per heavy atom. The highest BCUT2D eigenvalue weighted by Crippen LogP contribution is 2.25. The molecule has 0 unspecified atom stereocenters. The maximum atomic E-state index is 12.5. The van der Waals surface area contributed by atoms with Crippen molar-refractivity contribution in [2.24, 2.45) is 0 Å². The van der Waals surface area contributed by atoms with E-state index in [2.05, 4.69) is 5.32 Å². The third-order valence-corrected chi connectivity index (χ3v) is 3.92. The fraction of sp³-hybridized carbons (Fsp3) is 0.150. The van der Waals surface area contributed by atoms with E-state index in [1.807, 2.05) is 83.7 Å². The van der Waals surface area contributed by atoms with Crippen molar-refractivity contribution in [2.75, 3.05) is 12.4 Å². The van der Waals surface area contributed by atoms with Gasteiger partial charge in [0.05, 0.1) is 19.6 Å². The number of carbonyl (C=O) groups is 1. The molecule has 0 aliphatic carbocycles. The van der Waals surface area contributed by atoms with Crippen LogP contribution in [0.3, 0.4) is 0 Å². The maximum absolute atomic E-state index is 12.5. The predicted octanol–water partition coefficient (Wildman–Crippen LogP) is 4.11. The molecule has 4 heteroatoms. The lowest BCUT2D eigenvalue weighted by Crippen LogP contribution is -2.19. The molecule has 0 fully saturated rings. The summed E-state index contributed by atoms with van der Waals surface area (Å²) in [5.74, 6) is 0.787. The summed E-state index contributed by atoms with van der Waals surface area (Å²) >= 11 is 0. The number of benzene rings is 2. The first-order valence-corrected chi connectivity index (χ1v) is 7.87. The van der Waals surface area contributed by atoms with E-state index in [9.17, 15) is 4.79 Å². The average Bonchev–Trinajstić information content (AvgIpc) is 3.15. The van der Waals surface area contributed by atoms with Crippen LogP contribution in [0.1, 0.15) is 18.0 Å². The summed E-state index contributed by atoms with van der Waals surface area (Å²) in [6.07, 6.45) is 4.31. The van der Waals surface area contributed by atoms with E-state index in [1.165, 1.54) is 0 Å². The van der Waals surface area contributed by atoms with Crippen LogP contribution in [-0.4, -0.2) is 17.6 Å². The number of aromatic nitrogens is 1. The Labute approximate surface area is 141 Å². The molecule has 1 N–H and O–H groups in total. The van der Waals surface area contributed by atoms with Crippen molar-refractivity contribution < 1.29 is 9.53 Å². The van der Waals surface area contributed by atoms with Crippen LogP contribution in [0.5, 0.6) is 5.75 Å². The third kappa shape index (κ3) is 3.84. The molecule has 2 aromatic carbocycles. The first-order valence-electron chi connectivity index (χ1n) is 7.87. The Kier molecular flexibility index (Phi) is 4.96. The number of amides is 1.